The molecular weight excluding hydrogens is 206 g/mol. The maximum Gasteiger partial charge on any atom is 0.101 e. The molecule has 0 aliphatic carbocycles. The zero-order chi connectivity index (χ0) is 10.5. The number of aromatic nitrogens is 1. The van der Waals surface area contributed by atoms with Crippen molar-refractivity contribution in [2.45, 2.75) is 6.54 Å². The first-order chi connectivity index (χ1) is 7.40. The molecule has 15 heavy (non-hydrogen) atoms. The molecule has 2 aromatic rings. The lowest BCUT2D eigenvalue weighted by Gasteiger charge is -2.05. The molecule has 4 heteroatoms. The Morgan fingerprint density at radius 3 is 3.00 bits per heavy atom. The fourth-order valence-electron chi connectivity index (χ4n) is 1.25. The van der Waals surface area contributed by atoms with Gasteiger partial charge in [-0.3, -0.25) is 0 Å². The molecule has 0 aliphatic heterocycles. The molecule has 1 N–H and O–H groups in total. The molecule has 0 radical (unpaired) electrons. The maximum absolute atomic E-state index is 8.87. The van der Waals surface area contributed by atoms with E-state index in [9.17, 15) is 0 Å². The van der Waals surface area contributed by atoms with Crippen molar-refractivity contribution in [1.82, 2.24) is 4.98 Å². The van der Waals surface area contributed by atoms with Crippen LogP contribution in [0.15, 0.2) is 35.2 Å². The van der Waals surface area contributed by atoms with E-state index in [-0.39, 0.29) is 0 Å². The van der Waals surface area contributed by atoms with Crippen LogP contribution in [0.4, 0.5) is 5.69 Å². The maximum atomic E-state index is 8.87. The zero-order valence-corrected chi connectivity index (χ0v) is 8.79. The minimum atomic E-state index is 0.655. The standard InChI is InChI=1S/C11H9N3S/c12-5-9-3-1-2-4-11(9)13-6-10-7-15-8-14-10/h1-4,7-8,13H,6H2. The summed E-state index contributed by atoms with van der Waals surface area (Å²) in [6.45, 7) is 0.655. The van der Waals surface area contributed by atoms with Gasteiger partial charge in [-0.15, -0.1) is 11.3 Å². The zero-order valence-electron chi connectivity index (χ0n) is 7.97. The second kappa shape index (κ2) is 4.58. The van der Waals surface area contributed by atoms with Gasteiger partial charge in [0.2, 0.25) is 0 Å². The molecule has 0 fully saturated rings. The van der Waals surface area contributed by atoms with Gasteiger partial charge in [-0.1, -0.05) is 12.1 Å². The molecule has 0 atom stereocenters. The molecule has 74 valence electrons. The molecule has 1 aromatic carbocycles. The number of hydrogen-bond acceptors (Lipinski definition) is 4. The molecule has 0 aliphatic rings. The van der Waals surface area contributed by atoms with Crippen molar-refractivity contribution in [1.29, 1.82) is 5.26 Å². The molecule has 1 aromatic heterocycles. The predicted molar refractivity (Wildman–Crippen MR) is 60.6 cm³/mol. The Hall–Kier alpha value is -1.86. The first-order valence-corrected chi connectivity index (χ1v) is 5.44. The fourth-order valence-corrected chi connectivity index (χ4v) is 1.80. The van der Waals surface area contributed by atoms with Gasteiger partial charge in [0.15, 0.2) is 0 Å². The van der Waals surface area contributed by atoms with Crippen molar-refractivity contribution < 1.29 is 0 Å². The number of thiazole rings is 1. The van der Waals surface area contributed by atoms with Gasteiger partial charge in [-0.25, -0.2) is 4.98 Å². The highest BCUT2D eigenvalue weighted by Gasteiger charge is 2.00. The Bertz CT molecular complexity index is 471. The van der Waals surface area contributed by atoms with Gasteiger partial charge in [0.1, 0.15) is 6.07 Å². The van der Waals surface area contributed by atoms with Gasteiger partial charge in [0, 0.05) is 5.38 Å². The van der Waals surface area contributed by atoms with Crippen molar-refractivity contribution in [2.75, 3.05) is 5.32 Å². The molecular formula is C11H9N3S. The van der Waals surface area contributed by atoms with Crippen LogP contribution < -0.4 is 5.32 Å². The third-order valence-electron chi connectivity index (χ3n) is 1.99. The summed E-state index contributed by atoms with van der Waals surface area (Å²) in [5, 5.41) is 14.0. The van der Waals surface area contributed by atoms with E-state index in [0.29, 0.717) is 12.1 Å². The molecule has 0 amide bonds. The van der Waals surface area contributed by atoms with E-state index in [1.807, 2.05) is 23.6 Å². The average molecular weight is 215 g/mol. The second-order valence-electron chi connectivity index (χ2n) is 2.99. The fraction of sp³-hybridized carbons (Fsp3) is 0.0909. The third-order valence-corrected chi connectivity index (χ3v) is 2.63. The summed E-state index contributed by atoms with van der Waals surface area (Å²) in [5.41, 5.74) is 4.31. The number of hydrogen-bond donors (Lipinski definition) is 1. The van der Waals surface area contributed by atoms with Crippen LogP contribution in [0, 0.1) is 11.3 Å². The third kappa shape index (κ3) is 2.33. The van der Waals surface area contributed by atoms with E-state index in [0.717, 1.165) is 11.4 Å². The summed E-state index contributed by atoms with van der Waals surface area (Å²) in [6, 6.07) is 9.59. The van der Waals surface area contributed by atoms with Gasteiger partial charge < -0.3 is 5.32 Å². The van der Waals surface area contributed by atoms with E-state index < -0.39 is 0 Å². The van der Waals surface area contributed by atoms with E-state index >= 15 is 0 Å². The van der Waals surface area contributed by atoms with Crippen LogP contribution in [0.5, 0.6) is 0 Å². The Morgan fingerprint density at radius 1 is 1.40 bits per heavy atom. The topological polar surface area (TPSA) is 48.7 Å². The Morgan fingerprint density at radius 2 is 2.27 bits per heavy atom. The van der Waals surface area contributed by atoms with Crippen LogP contribution in [0.1, 0.15) is 11.3 Å². The number of anilines is 1. The van der Waals surface area contributed by atoms with Crippen LogP contribution in [0.3, 0.4) is 0 Å². The van der Waals surface area contributed by atoms with Gasteiger partial charge >= 0.3 is 0 Å². The summed E-state index contributed by atoms with van der Waals surface area (Å²) in [7, 11) is 0. The summed E-state index contributed by atoms with van der Waals surface area (Å²) in [5.74, 6) is 0. The van der Waals surface area contributed by atoms with Crippen LogP contribution in [0.2, 0.25) is 0 Å². The number of benzene rings is 1. The molecule has 0 saturated carbocycles. The van der Waals surface area contributed by atoms with E-state index in [4.69, 9.17) is 5.26 Å². The Balaban J connectivity index is 2.08. The van der Waals surface area contributed by atoms with E-state index in [2.05, 4.69) is 16.4 Å². The highest BCUT2D eigenvalue weighted by Crippen LogP contribution is 2.14. The molecule has 0 bridgehead atoms. The Labute approximate surface area is 92.0 Å². The van der Waals surface area contributed by atoms with Crippen molar-refractivity contribution in [3.8, 4) is 6.07 Å². The smallest absolute Gasteiger partial charge is 0.101 e. The lowest BCUT2D eigenvalue weighted by atomic mass is 10.2. The highest BCUT2D eigenvalue weighted by molar-refractivity contribution is 7.07. The molecule has 0 unspecified atom stereocenters. The van der Waals surface area contributed by atoms with Gasteiger partial charge in [0.05, 0.1) is 29.0 Å². The first kappa shape index (κ1) is 9.69. The van der Waals surface area contributed by atoms with Crippen LogP contribution in [-0.4, -0.2) is 4.98 Å². The highest BCUT2D eigenvalue weighted by atomic mass is 32.1. The summed E-state index contributed by atoms with van der Waals surface area (Å²) >= 11 is 1.57. The lowest BCUT2D eigenvalue weighted by molar-refractivity contribution is 1.07. The average Bonchev–Trinajstić information content (AvgIpc) is 2.79. The summed E-state index contributed by atoms with van der Waals surface area (Å²) < 4.78 is 0. The monoisotopic (exact) mass is 215 g/mol. The van der Waals surface area contributed by atoms with Crippen molar-refractivity contribution in [2.24, 2.45) is 0 Å². The van der Waals surface area contributed by atoms with Gasteiger partial charge in [0.25, 0.3) is 0 Å². The largest absolute Gasteiger partial charge is 0.378 e. The number of rotatable bonds is 3. The number of nitriles is 1. The van der Waals surface area contributed by atoms with E-state index in [1.54, 1.807) is 22.9 Å². The normalized spacial score (nSPS) is 9.53. The van der Waals surface area contributed by atoms with Gasteiger partial charge in [-0.2, -0.15) is 5.26 Å². The second-order valence-corrected chi connectivity index (χ2v) is 3.71. The molecule has 1 heterocycles. The van der Waals surface area contributed by atoms with Crippen LogP contribution in [0.25, 0.3) is 0 Å². The van der Waals surface area contributed by atoms with Crippen molar-refractivity contribution in [3.05, 3.63) is 46.4 Å². The van der Waals surface area contributed by atoms with Crippen molar-refractivity contribution in [3.63, 3.8) is 0 Å². The first-order valence-electron chi connectivity index (χ1n) is 4.50. The molecule has 0 saturated heterocycles. The van der Waals surface area contributed by atoms with E-state index in [1.165, 1.54) is 0 Å². The molecule has 3 nitrogen and oxygen atoms in total. The van der Waals surface area contributed by atoms with Gasteiger partial charge in [-0.05, 0) is 12.1 Å². The van der Waals surface area contributed by atoms with Crippen molar-refractivity contribution >= 4 is 17.0 Å². The minimum absolute atomic E-state index is 0.655. The number of para-hydroxylation sites is 1. The molecule has 0 spiro atoms. The van der Waals surface area contributed by atoms with Crippen LogP contribution >= 0.6 is 11.3 Å². The minimum Gasteiger partial charge on any atom is -0.378 e. The SMILES string of the molecule is N#Cc1ccccc1NCc1cscn1. The predicted octanol–water partition coefficient (Wildman–Crippen LogP) is 2.63. The number of nitrogens with zero attached hydrogens (tertiary/aromatic N) is 2. The molecule has 2 rings (SSSR count). The lowest BCUT2D eigenvalue weighted by Crippen LogP contribution is -2.00. The summed E-state index contributed by atoms with van der Waals surface area (Å²) in [4.78, 5) is 4.16. The Kier molecular flexibility index (Phi) is 2.96. The summed E-state index contributed by atoms with van der Waals surface area (Å²) in [6.07, 6.45) is 0. The number of nitrogens with one attached hydrogen (secondary N) is 1. The quantitative estimate of drug-likeness (QED) is 0.856. The van der Waals surface area contributed by atoms with Crippen LogP contribution in [-0.2, 0) is 6.54 Å².